The smallest absolute Gasteiger partial charge is 0.410 e. The molecule has 202 valence electrons. The Hall–Kier alpha value is -2.94. The van der Waals surface area contributed by atoms with Gasteiger partial charge in [-0.15, -0.1) is 0 Å². The van der Waals surface area contributed by atoms with Crippen LogP contribution in [0, 0.1) is 5.41 Å². The average Bonchev–Trinajstić information content (AvgIpc) is 3.50. The third kappa shape index (κ3) is 3.39. The molecule has 1 aromatic rings. The van der Waals surface area contributed by atoms with Crippen LogP contribution >= 0.6 is 0 Å². The van der Waals surface area contributed by atoms with Gasteiger partial charge in [0.05, 0.1) is 31.2 Å². The van der Waals surface area contributed by atoms with Crippen molar-refractivity contribution in [2.75, 3.05) is 24.6 Å². The third-order valence-corrected chi connectivity index (χ3v) is 9.52. The molecule has 9 nitrogen and oxygen atoms in total. The first-order valence-electron chi connectivity index (χ1n) is 13.9. The number of piperidine rings is 1. The summed E-state index contributed by atoms with van der Waals surface area (Å²) in [6.45, 7) is 7.45. The van der Waals surface area contributed by atoms with Crippen LogP contribution in [-0.4, -0.2) is 66.2 Å². The van der Waals surface area contributed by atoms with E-state index in [1.165, 1.54) is 5.56 Å². The van der Waals surface area contributed by atoms with Crippen LogP contribution in [0.4, 0.5) is 10.5 Å². The summed E-state index contributed by atoms with van der Waals surface area (Å²) in [5.74, 6) is -0.612. The van der Waals surface area contributed by atoms with Crippen LogP contribution in [0.15, 0.2) is 18.2 Å². The molecular formula is C29H35N3O6. The average molecular weight is 522 g/mol. The summed E-state index contributed by atoms with van der Waals surface area (Å²) in [6, 6.07) is 5.56. The maximum atomic E-state index is 13.7. The molecule has 4 aliphatic carbocycles. The zero-order valence-corrected chi connectivity index (χ0v) is 22.3. The largest absolute Gasteiger partial charge is 0.444 e. The standard InChI is InChI=1S/C29H35N3O6/c1-26(2,3)38-25(36)31-11-17(12-31)37-16-27-13-28(14-27,15-27)18-5-4-6-19-22(18)29(9-10-29)24(35)32(19)20-7-8-21(33)30-23(20)34/h4-6,17,20H,7-16H2,1-3H3,(H,30,33,34)/t20-,27?,28?/m1/s1. The molecule has 6 fully saturated rings. The zero-order chi connectivity index (χ0) is 26.7. The van der Waals surface area contributed by atoms with Crippen molar-refractivity contribution in [1.82, 2.24) is 10.2 Å². The van der Waals surface area contributed by atoms with E-state index < -0.39 is 17.1 Å². The van der Waals surface area contributed by atoms with Crippen molar-refractivity contribution < 1.29 is 28.7 Å². The Kier molecular flexibility index (Phi) is 4.81. The maximum Gasteiger partial charge on any atom is 0.410 e. The molecule has 1 atom stereocenters. The summed E-state index contributed by atoms with van der Waals surface area (Å²) in [6.07, 6.45) is 5.17. The number of ether oxygens (including phenoxy) is 2. The van der Waals surface area contributed by atoms with Crippen LogP contribution in [0.1, 0.15) is 76.8 Å². The van der Waals surface area contributed by atoms with Gasteiger partial charge in [-0.2, -0.15) is 0 Å². The Labute approximate surface area is 222 Å². The van der Waals surface area contributed by atoms with Gasteiger partial charge in [-0.3, -0.25) is 24.6 Å². The van der Waals surface area contributed by atoms with E-state index in [1.807, 2.05) is 32.9 Å². The van der Waals surface area contributed by atoms with Crippen molar-refractivity contribution in [3.63, 3.8) is 0 Å². The van der Waals surface area contributed by atoms with Gasteiger partial charge in [0.25, 0.3) is 0 Å². The topological polar surface area (TPSA) is 105 Å². The Morgan fingerprint density at radius 1 is 1.11 bits per heavy atom. The normalized spacial score (nSPS) is 32.8. The van der Waals surface area contributed by atoms with E-state index in [1.54, 1.807) is 9.80 Å². The van der Waals surface area contributed by atoms with E-state index in [0.717, 1.165) is 43.4 Å². The van der Waals surface area contributed by atoms with Crippen molar-refractivity contribution in [3.05, 3.63) is 29.3 Å². The van der Waals surface area contributed by atoms with Gasteiger partial charge in [0.2, 0.25) is 17.7 Å². The number of amides is 4. The number of likely N-dealkylation sites (tertiary alicyclic amines) is 1. The number of carbonyl (C=O) groups excluding carboxylic acids is 4. The summed E-state index contributed by atoms with van der Waals surface area (Å²) in [4.78, 5) is 53.7. The quantitative estimate of drug-likeness (QED) is 0.598. The van der Waals surface area contributed by atoms with Gasteiger partial charge < -0.3 is 14.4 Å². The van der Waals surface area contributed by atoms with Crippen molar-refractivity contribution in [2.24, 2.45) is 5.41 Å². The highest BCUT2D eigenvalue weighted by atomic mass is 16.6. The Morgan fingerprint density at radius 3 is 2.45 bits per heavy atom. The van der Waals surface area contributed by atoms with Crippen LogP contribution in [-0.2, 0) is 34.7 Å². The van der Waals surface area contributed by atoms with Gasteiger partial charge in [-0.1, -0.05) is 12.1 Å². The van der Waals surface area contributed by atoms with Crippen LogP contribution in [0.3, 0.4) is 0 Å². The number of fused-ring (bicyclic) bond motifs is 2. The van der Waals surface area contributed by atoms with Crippen LogP contribution in [0.2, 0.25) is 0 Å². The van der Waals surface area contributed by atoms with Crippen molar-refractivity contribution >= 4 is 29.5 Å². The molecule has 4 saturated carbocycles. The number of hydrogen-bond donors (Lipinski definition) is 1. The number of hydrogen-bond acceptors (Lipinski definition) is 6. The summed E-state index contributed by atoms with van der Waals surface area (Å²) < 4.78 is 11.6. The highest BCUT2D eigenvalue weighted by molar-refractivity contribution is 6.15. The lowest BCUT2D eigenvalue weighted by Gasteiger charge is -2.71. The van der Waals surface area contributed by atoms with Crippen LogP contribution in [0.25, 0.3) is 0 Å². The fourth-order valence-electron chi connectivity index (χ4n) is 7.71. The van der Waals surface area contributed by atoms with Crippen molar-refractivity contribution in [1.29, 1.82) is 0 Å². The molecule has 1 N–H and O–H groups in total. The van der Waals surface area contributed by atoms with Gasteiger partial charge in [-0.05, 0) is 87.3 Å². The molecule has 1 aromatic carbocycles. The van der Waals surface area contributed by atoms with Gasteiger partial charge in [0, 0.05) is 12.1 Å². The minimum Gasteiger partial charge on any atom is -0.444 e. The number of rotatable bonds is 5. The lowest BCUT2D eigenvalue weighted by atomic mass is 9.33. The molecule has 2 bridgehead atoms. The molecule has 3 heterocycles. The summed E-state index contributed by atoms with van der Waals surface area (Å²) in [5.41, 5.74) is 2.54. The molecule has 2 saturated heterocycles. The molecule has 8 rings (SSSR count). The van der Waals surface area contributed by atoms with E-state index in [0.29, 0.717) is 26.1 Å². The predicted molar refractivity (Wildman–Crippen MR) is 137 cm³/mol. The molecule has 1 spiro atoms. The van der Waals surface area contributed by atoms with E-state index >= 15 is 0 Å². The van der Waals surface area contributed by atoms with E-state index in [-0.39, 0.29) is 47.2 Å². The van der Waals surface area contributed by atoms with Crippen molar-refractivity contribution in [3.8, 4) is 0 Å². The first kappa shape index (κ1) is 24.1. The van der Waals surface area contributed by atoms with Gasteiger partial charge in [-0.25, -0.2) is 4.79 Å². The number of carbonyl (C=O) groups is 4. The molecule has 0 aromatic heterocycles. The summed E-state index contributed by atoms with van der Waals surface area (Å²) in [7, 11) is 0. The number of benzene rings is 1. The van der Waals surface area contributed by atoms with Crippen LogP contribution < -0.4 is 10.2 Å². The lowest BCUT2D eigenvalue weighted by Crippen LogP contribution is -2.67. The molecule has 9 heteroatoms. The Bertz CT molecular complexity index is 1250. The lowest BCUT2D eigenvalue weighted by molar-refractivity contribution is -0.201. The fourth-order valence-corrected chi connectivity index (χ4v) is 7.71. The number of nitrogens with zero attached hydrogens (tertiary/aromatic N) is 2. The molecule has 0 radical (unpaired) electrons. The number of anilines is 1. The second-order valence-electron chi connectivity index (χ2n) is 13.6. The molecule has 3 aliphatic heterocycles. The second-order valence-corrected chi connectivity index (χ2v) is 13.6. The fraction of sp³-hybridized carbons (Fsp3) is 0.655. The zero-order valence-electron chi connectivity index (χ0n) is 22.3. The number of nitrogens with one attached hydrogen (secondary N) is 1. The second kappa shape index (κ2) is 7.58. The molecule has 0 unspecified atom stereocenters. The molecule has 7 aliphatic rings. The predicted octanol–water partition coefficient (Wildman–Crippen LogP) is 2.93. The number of imide groups is 1. The summed E-state index contributed by atoms with van der Waals surface area (Å²) in [5, 5.41) is 2.42. The first-order valence-corrected chi connectivity index (χ1v) is 13.9. The SMILES string of the molecule is CC(C)(C)OC(=O)N1CC(OCC23CC(c4cccc5c4C4(CC4)C(=O)N5[C@@H]4CCC(=O)NC4=O)(C2)C3)C1. The minimum atomic E-state index is -0.621. The van der Waals surface area contributed by atoms with E-state index in [4.69, 9.17) is 9.47 Å². The maximum absolute atomic E-state index is 13.7. The molecule has 4 amide bonds. The first-order chi connectivity index (χ1) is 17.9. The van der Waals surface area contributed by atoms with Gasteiger partial charge >= 0.3 is 6.09 Å². The van der Waals surface area contributed by atoms with Gasteiger partial charge in [0.15, 0.2) is 0 Å². The molecular weight excluding hydrogens is 486 g/mol. The highest BCUT2D eigenvalue weighted by Gasteiger charge is 2.71. The van der Waals surface area contributed by atoms with E-state index in [9.17, 15) is 19.2 Å². The van der Waals surface area contributed by atoms with E-state index in [2.05, 4.69) is 11.4 Å². The highest BCUT2D eigenvalue weighted by Crippen LogP contribution is 2.76. The molecule has 38 heavy (non-hydrogen) atoms. The minimum absolute atomic E-state index is 0.0265. The van der Waals surface area contributed by atoms with Gasteiger partial charge in [0.1, 0.15) is 11.6 Å². The third-order valence-electron chi connectivity index (χ3n) is 9.52. The van der Waals surface area contributed by atoms with Crippen molar-refractivity contribution in [2.45, 2.75) is 94.3 Å². The van der Waals surface area contributed by atoms with Crippen LogP contribution in [0.5, 0.6) is 0 Å². The Balaban J connectivity index is 1.02. The monoisotopic (exact) mass is 521 g/mol. The Morgan fingerprint density at radius 2 is 1.82 bits per heavy atom. The summed E-state index contributed by atoms with van der Waals surface area (Å²) >= 11 is 0.